The predicted molar refractivity (Wildman–Crippen MR) is 109 cm³/mol. The highest BCUT2D eigenvalue weighted by Crippen LogP contribution is 2.17. The molecule has 0 aliphatic heterocycles. The van der Waals surface area contributed by atoms with E-state index in [0.29, 0.717) is 12.2 Å². The van der Waals surface area contributed by atoms with E-state index in [0.717, 1.165) is 24.6 Å². The quantitative estimate of drug-likeness (QED) is 0.634. The lowest BCUT2D eigenvalue weighted by molar-refractivity contribution is 0.0983. The Hall–Kier alpha value is -3.21. The minimum absolute atomic E-state index is 0.145. The van der Waals surface area contributed by atoms with Crippen LogP contribution in [0.1, 0.15) is 29.9 Å². The number of para-hydroxylation sites is 1. The Morgan fingerprint density at radius 2 is 1.52 bits per heavy atom. The van der Waals surface area contributed by atoms with Gasteiger partial charge in [-0.05, 0) is 31.5 Å². The van der Waals surface area contributed by atoms with Crippen LogP contribution < -0.4 is 9.80 Å². The first-order chi connectivity index (χ1) is 13.2. The van der Waals surface area contributed by atoms with Gasteiger partial charge in [0.2, 0.25) is 0 Å². The van der Waals surface area contributed by atoms with E-state index in [1.165, 1.54) is 5.56 Å². The van der Waals surface area contributed by atoms with Crippen molar-refractivity contribution in [2.24, 2.45) is 0 Å². The van der Waals surface area contributed by atoms with Crippen LogP contribution in [0.25, 0.3) is 0 Å². The van der Waals surface area contributed by atoms with E-state index < -0.39 is 0 Å². The Morgan fingerprint density at radius 3 is 2.07 bits per heavy atom. The van der Waals surface area contributed by atoms with Crippen molar-refractivity contribution in [2.75, 3.05) is 22.9 Å². The Balaban J connectivity index is 1.76. The third-order valence-corrected chi connectivity index (χ3v) is 4.41. The van der Waals surface area contributed by atoms with Gasteiger partial charge in [-0.1, -0.05) is 48.5 Å². The molecule has 0 aliphatic carbocycles. The second-order valence-electron chi connectivity index (χ2n) is 6.14. The minimum Gasteiger partial charge on any atom is -0.351 e. The summed E-state index contributed by atoms with van der Waals surface area (Å²) in [6.07, 6.45) is 3.25. The molecule has 0 fully saturated rings. The van der Waals surface area contributed by atoms with Gasteiger partial charge in [-0.2, -0.15) is 0 Å². The number of carbonyl (C=O) groups excluding carboxylic acids is 1. The molecule has 0 N–H and O–H groups in total. The lowest BCUT2D eigenvalue weighted by atomic mass is 10.2. The van der Waals surface area contributed by atoms with Crippen LogP contribution in [0.2, 0.25) is 0 Å². The van der Waals surface area contributed by atoms with Crippen LogP contribution >= 0.6 is 0 Å². The van der Waals surface area contributed by atoms with E-state index in [1.807, 2.05) is 55.5 Å². The van der Waals surface area contributed by atoms with Crippen molar-refractivity contribution < 1.29 is 4.79 Å². The number of benzene rings is 2. The van der Waals surface area contributed by atoms with Gasteiger partial charge < -0.3 is 9.80 Å². The Bertz CT molecular complexity index is 851. The summed E-state index contributed by atoms with van der Waals surface area (Å²) in [6, 6.07) is 19.9. The maximum atomic E-state index is 12.8. The van der Waals surface area contributed by atoms with E-state index in [9.17, 15) is 4.79 Å². The molecule has 0 saturated heterocycles. The summed E-state index contributed by atoms with van der Waals surface area (Å²) in [5.74, 6) is 0.620. The SMILES string of the molecule is CCN(Cc1ccccc1)c1cnc(C(=O)N(CC)c2ccccc2)cn1. The summed E-state index contributed by atoms with van der Waals surface area (Å²) in [7, 11) is 0. The molecule has 5 nitrogen and oxygen atoms in total. The molecule has 2 aromatic carbocycles. The van der Waals surface area contributed by atoms with Gasteiger partial charge in [-0.25, -0.2) is 9.97 Å². The van der Waals surface area contributed by atoms with Gasteiger partial charge in [0, 0.05) is 25.3 Å². The van der Waals surface area contributed by atoms with Gasteiger partial charge in [-0.3, -0.25) is 4.79 Å². The highest BCUT2D eigenvalue weighted by Gasteiger charge is 2.18. The van der Waals surface area contributed by atoms with Crippen molar-refractivity contribution in [3.05, 3.63) is 84.3 Å². The molecule has 0 aliphatic rings. The first-order valence-electron chi connectivity index (χ1n) is 9.20. The minimum atomic E-state index is -0.145. The van der Waals surface area contributed by atoms with Gasteiger partial charge in [0.15, 0.2) is 0 Å². The van der Waals surface area contributed by atoms with Crippen molar-refractivity contribution in [1.29, 1.82) is 0 Å². The molecular formula is C22H24N4O. The molecule has 1 heterocycles. The van der Waals surface area contributed by atoms with Gasteiger partial charge in [0.25, 0.3) is 5.91 Å². The zero-order chi connectivity index (χ0) is 19.1. The molecule has 27 heavy (non-hydrogen) atoms. The van der Waals surface area contributed by atoms with Crippen molar-refractivity contribution >= 4 is 17.4 Å². The highest BCUT2D eigenvalue weighted by molar-refractivity contribution is 6.04. The van der Waals surface area contributed by atoms with Crippen molar-refractivity contribution in [3.63, 3.8) is 0 Å². The number of amides is 1. The highest BCUT2D eigenvalue weighted by atomic mass is 16.2. The smallest absolute Gasteiger partial charge is 0.278 e. The van der Waals surface area contributed by atoms with Gasteiger partial charge in [0.1, 0.15) is 11.5 Å². The Labute approximate surface area is 160 Å². The average Bonchev–Trinajstić information content (AvgIpc) is 2.74. The molecule has 1 amide bonds. The number of aromatic nitrogens is 2. The summed E-state index contributed by atoms with van der Waals surface area (Å²) in [5, 5.41) is 0. The van der Waals surface area contributed by atoms with E-state index in [4.69, 9.17) is 0 Å². The van der Waals surface area contributed by atoms with E-state index >= 15 is 0 Å². The van der Waals surface area contributed by atoms with Gasteiger partial charge in [-0.15, -0.1) is 0 Å². The van der Waals surface area contributed by atoms with E-state index in [-0.39, 0.29) is 5.91 Å². The lowest BCUT2D eigenvalue weighted by Gasteiger charge is -2.23. The van der Waals surface area contributed by atoms with Crippen LogP contribution in [0.3, 0.4) is 0 Å². The molecule has 1 aromatic heterocycles. The molecule has 3 aromatic rings. The van der Waals surface area contributed by atoms with Crippen LogP contribution in [0.15, 0.2) is 73.1 Å². The molecule has 138 valence electrons. The number of anilines is 2. The fourth-order valence-electron chi connectivity index (χ4n) is 2.94. The van der Waals surface area contributed by atoms with E-state index in [2.05, 4.69) is 33.9 Å². The topological polar surface area (TPSA) is 49.3 Å². The summed E-state index contributed by atoms with van der Waals surface area (Å²) in [5.41, 5.74) is 2.41. The first-order valence-corrected chi connectivity index (χ1v) is 9.20. The van der Waals surface area contributed by atoms with Crippen molar-refractivity contribution in [2.45, 2.75) is 20.4 Å². The number of rotatable bonds is 7. The molecular weight excluding hydrogens is 336 g/mol. The zero-order valence-electron chi connectivity index (χ0n) is 15.7. The first kappa shape index (κ1) is 18.6. The van der Waals surface area contributed by atoms with Crippen LogP contribution in [-0.2, 0) is 6.54 Å². The normalized spacial score (nSPS) is 10.4. The second kappa shape index (κ2) is 8.94. The molecule has 0 saturated carbocycles. The molecule has 0 radical (unpaired) electrons. The third kappa shape index (κ3) is 4.50. The van der Waals surface area contributed by atoms with Crippen LogP contribution in [0.4, 0.5) is 11.5 Å². The van der Waals surface area contributed by atoms with Gasteiger partial charge >= 0.3 is 0 Å². The number of hydrogen-bond donors (Lipinski definition) is 0. The molecule has 0 spiro atoms. The largest absolute Gasteiger partial charge is 0.351 e. The summed E-state index contributed by atoms with van der Waals surface area (Å²) in [4.78, 5) is 25.5. The number of nitrogens with zero attached hydrogens (tertiary/aromatic N) is 4. The van der Waals surface area contributed by atoms with Crippen molar-refractivity contribution in [1.82, 2.24) is 9.97 Å². The standard InChI is InChI=1S/C22H24N4O/c1-3-25(17-18-11-7-5-8-12-18)21-16-23-20(15-24-21)22(27)26(4-2)19-13-9-6-10-14-19/h5-16H,3-4,17H2,1-2H3. The average molecular weight is 360 g/mol. The summed E-state index contributed by atoms with van der Waals surface area (Å²) >= 11 is 0. The number of hydrogen-bond acceptors (Lipinski definition) is 4. The Morgan fingerprint density at radius 1 is 0.852 bits per heavy atom. The van der Waals surface area contributed by atoms with Crippen LogP contribution in [0, 0.1) is 0 Å². The van der Waals surface area contributed by atoms with Crippen LogP contribution in [0.5, 0.6) is 0 Å². The molecule has 0 bridgehead atoms. The van der Waals surface area contributed by atoms with Crippen molar-refractivity contribution in [3.8, 4) is 0 Å². The Kier molecular flexibility index (Phi) is 6.15. The second-order valence-corrected chi connectivity index (χ2v) is 6.14. The predicted octanol–water partition coefficient (Wildman–Crippen LogP) is 4.17. The zero-order valence-corrected chi connectivity index (χ0v) is 15.7. The van der Waals surface area contributed by atoms with Crippen LogP contribution in [-0.4, -0.2) is 29.0 Å². The summed E-state index contributed by atoms with van der Waals surface area (Å²) < 4.78 is 0. The fraction of sp³-hybridized carbons (Fsp3) is 0.227. The third-order valence-electron chi connectivity index (χ3n) is 4.41. The molecule has 3 rings (SSSR count). The fourth-order valence-corrected chi connectivity index (χ4v) is 2.94. The molecule has 0 atom stereocenters. The lowest BCUT2D eigenvalue weighted by Crippen LogP contribution is -2.31. The number of carbonyl (C=O) groups is 1. The monoisotopic (exact) mass is 360 g/mol. The maximum Gasteiger partial charge on any atom is 0.278 e. The molecule has 0 unspecified atom stereocenters. The van der Waals surface area contributed by atoms with Gasteiger partial charge in [0.05, 0.1) is 12.4 Å². The molecule has 5 heteroatoms. The summed E-state index contributed by atoms with van der Waals surface area (Å²) in [6.45, 7) is 6.16. The van der Waals surface area contributed by atoms with E-state index in [1.54, 1.807) is 17.3 Å². The maximum absolute atomic E-state index is 12.8.